The summed E-state index contributed by atoms with van der Waals surface area (Å²) in [5, 5.41) is -0.161. The van der Waals surface area contributed by atoms with Crippen LogP contribution >= 0.6 is 11.6 Å². The minimum absolute atomic E-state index is 0.133. The zero-order valence-electron chi connectivity index (χ0n) is 12.7. The molecular weight excluding hydrogens is 202 g/mol. The molecule has 0 bridgehead atoms. The molecule has 0 aromatic carbocycles. The molecule has 2 aromatic heterocycles. The number of nitrogens with zero attached hydrogens (tertiary/aromatic N) is 4. The highest BCUT2D eigenvalue weighted by molar-refractivity contribution is 6.28. The summed E-state index contributed by atoms with van der Waals surface area (Å²) in [5.74, 6) is -0.133. The first kappa shape index (κ1) is 4.65. The third-order valence-corrected chi connectivity index (χ3v) is 1.03. The van der Waals surface area contributed by atoms with Crippen LogP contribution in [0.15, 0.2) is 36.8 Å². The maximum atomic E-state index is 6.99. The number of anilines is 1. The van der Waals surface area contributed by atoms with Crippen molar-refractivity contribution in [3.05, 3.63) is 42.1 Å². The smallest absolute Gasteiger partial charge is 0.222 e. The maximum absolute atomic E-state index is 6.99. The molecule has 0 fully saturated rings. The molecule has 2 rings (SSSR count). The zero-order valence-corrected chi connectivity index (χ0v) is 7.50. The molecule has 0 saturated carbocycles. The van der Waals surface area contributed by atoms with Crippen molar-refractivity contribution < 1.29 is 8.22 Å². The normalized spacial score (nSPS) is 14.6. The Morgan fingerprint density at radius 2 is 1.43 bits per heavy atom. The molecule has 2 heterocycles. The molecule has 0 saturated heterocycles. The predicted molar refractivity (Wildman–Crippen MR) is 53.5 cm³/mol. The van der Waals surface area contributed by atoms with Gasteiger partial charge in [0.1, 0.15) is 0 Å². The molecule has 0 aliphatic rings. The summed E-state index contributed by atoms with van der Waals surface area (Å²) in [4.78, 5) is 13.4. The summed E-state index contributed by atoms with van der Waals surface area (Å²) >= 11 is 5.28. The van der Waals surface area contributed by atoms with Gasteiger partial charge in [-0.15, -0.1) is 0 Å². The Bertz CT molecular complexity index is 537. The number of hydrogen-bond acceptors (Lipinski definition) is 5. The van der Waals surface area contributed by atoms with Crippen molar-refractivity contribution >= 4 is 17.5 Å². The summed E-state index contributed by atoms with van der Waals surface area (Å²) in [6.45, 7) is 0. The molecule has 0 aliphatic carbocycles. The Balaban J connectivity index is 0.000000200. The number of halogens is 1. The summed E-state index contributed by atoms with van der Waals surface area (Å²) in [6, 6.07) is -0.599. The minimum atomic E-state index is -0.315. The van der Waals surface area contributed by atoms with Crippen molar-refractivity contribution in [3.8, 4) is 0 Å². The van der Waals surface area contributed by atoms with E-state index < -0.39 is 0 Å². The van der Waals surface area contributed by atoms with Crippen LogP contribution in [-0.2, 0) is 0 Å². The maximum Gasteiger partial charge on any atom is 0.222 e. The van der Waals surface area contributed by atoms with Gasteiger partial charge in [-0.3, -0.25) is 0 Å². The Kier molecular flexibility index (Phi) is 1.94. The van der Waals surface area contributed by atoms with Gasteiger partial charge in [-0.05, 0) is 23.7 Å². The van der Waals surface area contributed by atoms with Crippen LogP contribution < -0.4 is 5.73 Å². The summed E-state index contributed by atoms with van der Waals surface area (Å²) in [7, 11) is 0. The monoisotopic (exact) mass is 215 g/mol. The summed E-state index contributed by atoms with van der Waals surface area (Å²) in [5.41, 5.74) is 5.08. The van der Waals surface area contributed by atoms with E-state index in [1.807, 2.05) is 0 Å². The molecule has 2 aromatic rings. The van der Waals surface area contributed by atoms with E-state index >= 15 is 0 Å². The Morgan fingerprint density at radius 1 is 1.00 bits per heavy atom. The van der Waals surface area contributed by atoms with Crippen LogP contribution in [0.2, 0.25) is 5.28 Å². The first-order chi connectivity index (χ1) is 9.22. The largest absolute Gasteiger partial charge is 0.368 e. The van der Waals surface area contributed by atoms with Crippen molar-refractivity contribution in [2.75, 3.05) is 5.73 Å². The van der Waals surface area contributed by atoms with Crippen molar-refractivity contribution in [1.29, 1.82) is 0 Å². The van der Waals surface area contributed by atoms with E-state index in [0.717, 1.165) is 0 Å². The molecule has 14 heavy (non-hydrogen) atoms. The highest BCUT2D eigenvalue weighted by Crippen LogP contribution is 1.92. The van der Waals surface area contributed by atoms with Crippen molar-refractivity contribution in [1.82, 2.24) is 19.9 Å². The lowest BCUT2D eigenvalue weighted by Crippen LogP contribution is -1.90. The molecule has 0 radical (unpaired) electrons. The van der Waals surface area contributed by atoms with Crippen LogP contribution in [0.5, 0.6) is 0 Å². The molecule has 0 amide bonds. The van der Waals surface area contributed by atoms with Gasteiger partial charge in [0.2, 0.25) is 11.2 Å². The average molecular weight is 216 g/mol. The van der Waals surface area contributed by atoms with Gasteiger partial charge in [-0.25, -0.2) is 19.9 Å². The van der Waals surface area contributed by atoms with Gasteiger partial charge in [0.25, 0.3) is 0 Å². The van der Waals surface area contributed by atoms with Crippen LogP contribution in [0.3, 0.4) is 0 Å². The van der Waals surface area contributed by atoms with Gasteiger partial charge in [-0.1, -0.05) is 0 Å². The number of nitrogens with two attached hydrogens (primary N) is 1. The standard InChI is InChI=1S/C4H3ClN2.C4H5N3/c2*5-4-6-2-1-3-7-4/h1-3H;1-3H,(H2,5,6,7)/i2*1D,2D,3D. The van der Waals surface area contributed by atoms with Crippen LogP contribution in [0.1, 0.15) is 8.22 Å². The van der Waals surface area contributed by atoms with Crippen LogP contribution in [-0.4, -0.2) is 19.9 Å². The van der Waals surface area contributed by atoms with Gasteiger partial charge in [0.05, 0.1) is 8.22 Å². The SMILES string of the molecule is [2H]c1nc(Cl)nc([2H])c1[2H].[2H]c1nc(N)nc([2H])c1[2H]. The predicted octanol–water partition coefficient (Wildman–Crippen LogP) is 1.19. The molecule has 6 heteroatoms. The van der Waals surface area contributed by atoms with E-state index in [2.05, 4.69) is 19.9 Å². The first-order valence-corrected chi connectivity index (χ1v) is 3.64. The molecule has 5 nitrogen and oxygen atoms in total. The molecule has 0 aliphatic heterocycles. The fourth-order valence-electron chi connectivity index (χ4n) is 0.419. The second kappa shape index (κ2) is 5.82. The number of nitrogen functional groups attached to an aromatic ring is 1. The van der Waals surface area contributed by atoms with Crippen molar-refractivity contribution in [3.63, 3.8) is 0 Å². The van der Waals surface area contributed by atoms with E-state index in [4.69, 9.17) is 25.6 Å². The van der Waals surface area contributed by atoms with Gasteiger partial charge < -0.3 is 5.73 Å². The fourth-order valence-corrected chi connectivity index (χ4v) is 0.503. The van der Waals surface area contributed by atoms with Crippen molar-refractivity contribution in [2.24, 2.45) is 0 Å². The molecular formula is C8H8ClN5. The van der Waals surface area contributed by atoms with Gasteiger partial charge in [0, 0.05) is 24.7 Å². The lowest BCUT2D eigenvalue weighted by Gasteiger charge is -1.82. The Morgan fingerprint density at radius 3 is 1.93 bits per heavy atom. The molecule has 0 atom stereocenters. The molecule has 72 valence electrons. The third kappa shape index (κ3) is 4.32. The molecule has 2 N–H and O–H groups in total. The zero-order chi connectivity index (χ0) is 15.4. The molecule has 0 spiro atoms. The highest BCUT2D eigenvalue weighted by Gasteiger charge is 1.78. The van der Waals surface area contributed by atoms with Crippen LogP contribution in [0, 0.1) is 0 Å². The quantitative estimate of drug-likeness (QED) is 0.668. The van der Waals surface area contributed by atoms with E-state index in [1.165, 1.54) is 0 Å². The van der Waals surface area contributed by atoms with E-state index in [1.54, 1.807) is 0 Å². The molecule has 0 unspecified atom stereocenters. The van der Waals surface area contributed by atoms with Crippen LogP contribution in [0.4, 0.5) is 5.95 Å². The average Bonchev–Trinajstić information content (AvgIpc) is 2.33. The third-order valence-electron chi connectivity index (χ3n) is 0.861. The fraction of sp³-hybridized carbons (Fsp3) is 0. The van der Waals surface area contributed by atoms with Gasteiger partial charge >= 0.3 is 0 Å². The number of rotatable bonds is 0. The van der Waals surface area contributed by atoms with Crippen molar-refractivity contribution in [2.45, 2.75) is 0 Å². The second-order valence-electron chi connectivity index (χ2n) is 1.77. The highest BCUT2D eigenvalue weighted by atomic mass is 35.5. The summed E-state index contributed by atoms with van der Waals surface area (Å²) < 4.78 is 41.8. The second-order valence-corrected chi connectivity index (χ2v) is 2.11. The van der Waals surface area contributed by atoms with Gasteiger partial charge in [-0.2, -0.15) is 0 Å². The first-order valence-electron chi connectivity index (χ1n) is 6.27. The topological polar surface area (TPSA) is 77.6 Å². The van der Waals surface area contributed by atoms with E-state index in [-0.39, 0.29) is 48.0 Å². The van der Waals surface area contributed by atoms with Gasteiger partial charge in [0.15, 0.2) is 0 Å². The Labute approximate surface area is 94.4 Å². The van der Waals surface area contributed by atoms with Crippen LogP contribution in [0.25, 0.3) is 0 Å². The Hall–Kier alpha value is -1.75. The lowest BCUT2D eigenvalue weighted by atomic mass is 10.7. The van der Waals surface area contributed by atoms with E-state index in [0.29, 0.717) is 0 Å². The van der Waals surface area contributed by atoms with E-state index in [9.17, 15) is 0 Å². The number of aromatic nitrogens is 4. The summed E-state index contributed by atoms with van der Waals surface area (Å²) in [6.07, 6.45) is -1.25. The minimum Gasteiger partial charge on any atom is -0.368 e. The lowest BCUT2D eigenvalue weighted by molar-refractivity contribution is 1.17. The number of hydrogen-bond donors (Lipinski definition) is 1.